The van der Waals surface area contributed by atoms with Crippen molar-refractivity contribution in [3.8, 4) is 5.75 Å². The molecule has 1 aliphatic heterocycles. The van der Waals surface area contributed by atoms with E-state index in [1.165, 1.54) is 33.4 Å². The van der Waals surface area contributed by atoms with Crippen LogP contribution in [0, 0.1) is 6.92 Å². The highest BCUT2D eigenvalue weighted by Crippen LogP contribution is 2.37. The van der Waals surface area contributed by atoms with E-state index in [1.54, 1.807) is 12.1 Å². The third-order valence-electron chi connectivity index (χ3n) is 4.32. The number of aryl methyl sites for hydroxylation is 1. The van der Waals surface area contributed by atoms with Gasteiger partial charge in [-0.15, -0.1) is 0 Å². The van der Waals surface area contributed by atoms with Crippen molar-refractivity contribution >= 4 is 28.4 Å². The number of benzene rings is 2. The summed E-state index contributed by atoms with van der Waals surface area (Å²) in [6, 6.07) is 13.9. The van der Waals surface area contributed by atoms with Crippen LogP contribution in [0.5, 0.6) is 5.75 Å². The van der Waals surface area contributed by atoms with Gasteiger partial charge in [0.25, 0.3) is 0 Å². The Morgan fingerprint density at radius 2 is 1.86 bits per heavy atom. The summed E-state index contributed by atoms with van der Waals surface area (Å²) in [5.74, 6) is 1.47. The zero-order valence-corrected chi connectivity index (χ0v) is 12.7. The van der Waals surface area contributed by atoms with Crippen molar-refractivity contribution in [2.45, 2.75) is 6.92 Å². The zero-order valence-electron chi connectivity index (χ0n) is 12.7. The molecule has 4 rings (SSSR count). The largest absolute Gasteiger partial charge is 0.508 e. The molecule has 0 saturated carbocycles. The number of nitrogens with one attached hydrogen (secondary N) is 1. The summed E-state index contributed by atoms with van der Waals surface area (Å²) >= 11 is 0. The van der Waals surface area contributed by atoms with Crippen molar-refractivity contribution in [2.24, 2.45) is 0 Å². The molecular formula is C19H18N2O. The number of phenols is 1. The summed E-state index contributed by atoms with van der Waals surface area (Å²) in [5.41, 5.74) is 6.10. The van der Waals surface area contributed by atoms with E-state index in [1.807, 2.05) is 12.1 Å². The second kappa shape index (κ2) is 4.67. The maximum Gasteiger partial charge on any atom is 0.115 e. The third kappa shape index (κ3) is 1.98. The number of likely N-dealkylation sites (N-methyl/N-ethyl adjacent to an activating group) is 1. The summed E-state index contributed by atoms with van der Waals surface area (Å²) in [6.07, 6.45) is 2.26. The minimum absolute atomic E-state index is 0.303. The fourth-order valence-corrected chi connectivity index (χ4v) is 3.16. The molecule has 0 bridgehead atoms. The number of anilines is 1. The number of aromatic nitrogens is 1. The molecule has 3 aromatic rings. The molecule has 2 heterocycles. The van der Waals surface area contributed by atoms with Gasteiger partial charge in [-0.1, -0.05) is 23.8 Å². The van der Waals surface area contributed by atoms with E-state index in [0.717, 1.165) is 12.1 Å². The maximum absolute atomic E-state index is 9.47. The molecule has 0 unspecified atom stereocenters. The minimum Gasteiger partial charge on any atom is -0.508 e. The van der Waals surface area contributed by atoms with Crippen molar-refractivity contribution in [1.29, 1.82) is 0 Å². The first kappa shape index (κ1) is 13.0. The van der Waals surface area contributed by atoms with Crippen LogP contribution >= 0.6 is 0 Å². The Hall–Kier alpha value is -2.68. The van der Waals surface area contributed by atoms with E-state index in [2.05, 4.69) is 48.1 Å². The van der Waals surface area contributed by atoms with Crippen LogP contribution in [-0.2, 0) is 0 Å². The molecule has 0 fully saturated rings. The average molecular weight is 290 g/mol. The highest BCUT2D eigenvalue weighted by Gasteiger charge is 2.20. The van der Waals surface area contributed by atoms with E-state index in [9.17, 15) is 5.11 Å². The van der Waals surface area contributed by atoms with E-state index >= 15 is 0 Å². The van der Waals surface area contributed by atoms with Crippen molar-refractivity contribution in [1.82, 2.24) is 4.98 Å². The highest BCUT2D eigenvalue weighted by molar-refractivity contribution is 6.02. The van der Waals surface area contributed by atoms with Crippen molar-refractivity contribution in [3.63, 3.8) is 0 Å². The monoisotopic (exact) mass is 290 g/mol. The number of fused-ring (bicyclic) bond motifs is 3. The van der Waals surface area contributed by atoms with Gasteiger partial charge in [0.1, 0.15) is 11.6 Å². The maximum atomic E-state index is 9.47. The standard InChI is InChI=1S/C19H18N2O/c1-12-3-8-18-16(9-12)17-10-14(11-21(2)19(17)20-18)13-4-6-15(22)7-5-13/h3-10,20,22H,11H2,1-2H3. The van der Waals surface area contributed by atoms with Gasteiger partial charge in [0, 0.05) is 30.1 Å². The van der Waals surface area contributed by atoms with Crippen LogP contribution in [0.15, 0.2) is 42.5 Å². The SMILES string of the molecule is Cc1ccc2[nH]c3c(c2c1)C=C(c1ccc(O)cc1)CN3C. The molecule has 3 heteroatoms. The second-order valence-electron chi connectivity index (χ2n) is 6.01. The van der Waals surface area contributed by atoms with Gasteiger partial charge in [0.15, 0.2) is 0 Å². The Morgan fingerprint density at radius 3 is 2.64 bits per heavy atom. The fraction of sp³-hybridized carbons (Fsp3) is 0.158. The summed E-state index contributed by atoms with van der Waals surface area (Å²) in [4.78, 5) is 5.76. The van der Waals surface area contributed by atoms with Gasteiger partial charge in [0.2, 0.25) is 0 Å². The van der Waals surface area contributed by atoms with Crippen molar-refractivity contribution in [3.05, 3.63) is 59.2 Å². The van der Waals surface area contributed by atoms with Crippen molar-refractivity contribution < 1.29 is 5.11 Å². The number of aromatic amines is 1. The minimum atomic E-state index is 0.303. The van der Waals surface area contributed by atoms with Gasteiger partial charge in [-0.25, -0.2) is 0 Å². The Bertz CT molecular complexity index is 888. The Labute approximate surface area is 129 Å². The smallest absolute Gasteiger partial charge is 0.115 e. The summed E-state index contributed by atoms with van der Waals surface area (Å²) in [5, 5.41) is 10.7. The number of nitrogens with zero attached hydrogens (tertiary/aromatic N) is 1. The van der Waals surface area contributed by atoms with Crippen LogP contribution in [0.4, 0.5) is 5.82 Å². The topological polar surface area (TPSA) is 39.3 Å². The van der Waals surface area contributed by atoms with E-state index in [0.29, 0.717) is 5.75 Å². The Balaban J connectivity index is 1.91. The normalized spacial score (nSPS) is 14.1. The predicted octanol–water partition coefficient (Wildman–Crippen LogP) is 4.17. The number of rotatable bonds is 1. The lowest BCUT2D eigenvalue weighted by atomic mass is 9.98. The molecule has 0 aliphatic carbocycles. The quantitative estimate of drug-likeness (QED) is 0.706. The van der Waals surface area contributed by atoms with Crippen LogP contribution in [0.1, 0.15) is 16.7 Å². The lowest BCUT2D eigenvalue weighted by Gasteiger charge is -2.25. The first-order valence-corrected chi connectivity index (χ1v) is 7.45. The number of hydrogen-bond donors (Lipinski definition) is 2. The molecule has 0 saturated heterocycles. The van der Waals surface area contributed by atoms with Gasteiger partial charge < -0.3 is 15.0 Å². The van der Waals surface area contributed by atoms with Gasteiger partial charge in [-0.3, -0.25) is 0 Å². The third-order valence-corrected chi connectivity index (χ3v) is 4.32. The first-order valence-electron chi connectivity index (χ1n) is 7.45. The lowest BCUT2D eigenvalue weighted by Crippen LogP contribution is -2.23. The summed E-state index contributed by atoms with van der Waals surface area (Å²) in [6.45, 7) is 2.97. The molecule has 0 amide bonds. The molecule has 0 atom stereocenters. The molecule has 0 radical (unpaired) electrons. The molecule has 1 aromatic heterocycles. The van der Waals surface area contributed by atoms with E-state index in [4.69, 9.17) is 0 Å². The Morgan fingerprint density at radius 1 is 1.09 bits per heavy atom. The van der Waals surface area contributed by atoms with Crippen LogP contribution in [0.2, 0.25) is 0 Å². The molecule has 22 heavy (non-hydrogen) atoms. The van der Waals surface area contributed by atoms with E-state index < -0.39 is 0 Å². The van der Waals surface area contributed by atoms with Gasteiger partial charge >= 0.3 is 0 Å². The zero-order chi connectivity index (χ0) is 15.3. The molecule has 2 N–H and O–H groups in total. The molecular weight excluding hydrogens is 272 g/mol. The number of H-pyrrole nitrogens is 1. The van der Waals surface area contributed by atoms with Crippen LogP contribution in [-0.4, -0.2) is 23.7 Å². The lowest BCUT2D eigenvalue weighted by molar-refractivity contribution is 0.475. The molecule has 1 aliphatic rings. The first-order chi connectivity index (χ1) is 10.6. The van der Waals surface area contributed by atoms with Crippen LogP contribution in [0.3, 0.4) is 0 Å². The van der Waals surface area contributed by atoms with Gasteiger partial charge in [0.05, 0.1) is 0 Å². The summed E-state index contributed by atoms with van der Waals surface area (Å²) in [7, 11) is 2.11. The van der Waals surface area contributed by atoms with Crippen molar-refractivity contribution in [2.75, 3.05) is 18.5 Å². The van der Waals surface area contributed by atoms with E-state index in [-0.39, 0.29) is 0 Å². The molecule has 2 aromatic carbocycles. The van der Waals surface area contributed by atoms with Gasteiger partial charge in [-0.05, 0) is 48.4 Å². The predicted molar refractivity (Wildman–Crippen MR) is 92.3 cm³/mol. The fourth-order valence-electron chi connectivity index (χ4n) is 3.16. The molecule has 3 nitrogen and oxygen atoms in total. The molecule has 110 valence electrons. The van der Waals surface area contributed by atoms with Crippen LogP contribution < -0.4 is 4.90 Å². The number of aromatic hydroxyl groups is 1. The number of phenolic OH excluding ortho intramolecular Hbond substituents is 1. The molecule has 0 spiro atoms. The van der Waals surface area contributed by atoms with Crippen LogP contribution in [0.25, 0.3) is 22.6 Å². The number of hydrogen-bond acceptors (Lipinski definition) is 2. The average Bonchev–Trinajstić information content (AvgIpc) is 2.87. The highest BCUT2D eigenvalue weighted by atomic mass is 16.3. The summed E-state index contributed by atoms with van der Waals surface area (Å²) < 4.78 is 0. The van der Waals surface area contributed by atoms with Gasteiger partial charge in [-0.2, -0.15) is 0 Å². The Kier molecular flexibility index (Phi) is 2.76. The second-order valence-corrected chi connectivity index (χ2v) is 6.01.